The molecule has 0 aliphatic heterocycles. The Kier molecular flexibility index (Phi) is 3.58. The Morgan fingerprint density at radius 1 is 1.32 bits per heavy atom. The van der Waals surface area contributed by atoms with Gasteiger partial charge in [-0.05, 0) is 30.4 Å². The van der Waals surface area contributed by atoms with Crippen LogP contribution < -0.4 is 0 Å². The van der Waals surface area contributed by atoms with Gasteiger partial charge in [0.05, 0.1) is 10.6 Å². The molecule has 1 aliphatic rings. The minimum Gasteiger partial charge on any atom is -0.289 e. The Morgan fingerprint density at radius 2 is 2.00 bits per heavy atom. The first-order valence-corrected chi connectivity index (χ1v) is 8.08. The summed E-state index contributed by atoms with van der Waals surface area (Å²) in [4.78, 5) is 16.7. The molecule has 2 rings (SSSR count). The molecule has 102 valence electrons. The number of nitrogens with zero attached hydrogens (tertiary/aromatic N) is 1. The van der Waals surface area contributed by atoms with Crippen LogP contribution in [0.1, 0.15) is 41.6 Å². The van der Waals surface area contributed by atoms with E-state index in [1.54, 1.807) is 25.2 Å². The van der Waals surface area contributed by atoms with Gasteiger partial charge in [-0.15, -0.1) is 0 Å². The molecule has 5 heteroatoms. The van der Waals surface area contributed by atoms with Crippen LogP contribution in [0.15, 0.2) is 28.1 Å². The zero-order chi connectivity index (χ0) is 14.2. The fraction of sp³-hybridized carbons (Fsp3) is 0.429. The molecule has 0 radical (unpaired) electrons. The lowest BCUT2D eigenvalue weighted by atomic mass is 9.94. The molecule has 0 aromatic heterocycles. The number of hydrogen-bond donors (Lipinski definition) is 0. The van der Waals surface area contributed by atoms with Crippen molar-refractivity contribution in [3.05, 3.63) is 29.3 Å². The molecule has 0 bridgehead atoms. The van der Waals surface area contributed by atoms with Gasteiger partial charge in [-0.3, -0.25) is 9.79 Å². The summed E-state index contributed by atoms with van der Waals surface area (Å²) in [6.45, 7) is 1.96. The lowest BCUT2D eigenvalue weighted by molar-refractivity contribution is 0.106. The zero-order valence-corrected chi connectivity index (χ0v) is 12.1. The zero-order valence-electron chi connectivity index (χ0n) is 11.3. The highest BCUT2D eigenvalue weighted by Crippen LogP contribution is 2.34. The highest BCUT2D eigenvalue weighted by molar-refractivity contribution is 7.90. The van der Waals surface area contributed by atoms with Crippen LogP contribution in [0, 0.1) is 0 Å². The molecule has 1 aromatic rings. The van der Waals surface area contributed by atoms with E-state index in [0.29, 0.717) is 23.3 Å². The molecule has 0 saturated carbocycles. The molecule has 1 unspecified atom stereocenters. The van der Waals surface area contributed by atoms with Gasteiger partial charge in [0.2, 0.25) is 5.78 Å². The van der Waals surface area contributed by atoms with Crippen LogP contribution in [0.5, 0.6) is 0 Å². The average Bonchev–Trinajstić information content (AvgIpc) is 2.47. The van der Waals surface area contributed by atoms with Crippen molar-refractivity contribution in [2.45, 2.75) is 30.6 Å². The summed E-state index contributed by atoms with van der Waals surface area (Å²) in [6, 6.07) is 4.89. The number of benzene rings is 1. The molecule has 0 N–H and O–H groups in total. The standard InChI is InChI=1S/C14H17NO3S/c1-9-7-8-11(15-2)14(16)10-5-4-6-12(13(9)10)19(3,17)18/h4-6,9H,7-8H2,1-3H3. The number of rotatable bonds is 1. The van der Waals surface area contributed by atoms with Crippen LogP contribution in [-0.2, 0) is 9.84 Å². The van der Waals surface area contributed by atoms with E-state index in [-0.39, 0.29) is 16.6 Å². The first-order chi connectivity index (χ1) is 8.86. The van der Waals surface area contributed by atoms with Crippen LogP contribution >= 0.6 is 0 Å². The summed E-state index contributed by atoms with van der Waals surface area (Å²) in [5.41, 5.74) is 1.65. The third-order valence-corrected chi connectivity index (χ3v) is 4.70. The second-order valence-electron chi connectivity index (χ2n) is 4.93. The van der Waals surface area contributed by atoms with Crippen molar-refractivity contribution < 1.29 is 13.2 Å². The predicted molar refractivity (Wildman–Crippen MR) is 74.9 cm³/mol. The molecular formula is C14H17NO3S. The van der Waals surface area contributed by atoms with Crippen molar-refractivity contribution in [3.63, 3.8) is 0 Å². The van der Waals surface area contributed by atoms with Crippen LogP contribution in [0.25, 0.3) is 0 Å². The fourth-order valence-corrected chi connectivity index (χ4v) is 3.59. The van der Waals surface area contributed by atoms with Crippen LogP contribution in [0.2, 0.25) is 0 Å². The molecule has 4 nitrogen and oxygen atoms in total. The van der Waals surface area contributed by atoms with E-state index < -0.39 is 9.84 Å². The number of ketones is 1. The van der Waals surface area contributed by atoms with Crippen molar-refractivity contribution in [1.29, 1.82) is 0 Å². The van der Waals surface area contributed by atoms with Crippen molar-refractivity contribution in [1.82, 2.24) is 0 Å². The number of fused-ring (bicyclic) bond motifs is 1. The van der Waals surface area contributed by atoms with E-state index >= 15 is 0 Å². The Bertz CT molecular complexity index is 659. The number of carbonyl (C=O) groups excluding carboxylic acids is 1. The number of Topliss-reactive ketones (excluding diaryl/α,β-unsaturated/α-hetero) is 1. The third-order valence-electron chi connectivity index (χ3n) is 3.55. The van der Waals surface area contributed by atoms with Gasteiger partial charge in [-0.25, -0.2) is 8.42 Å². The quantitative estimate of drug-likeness (QED) is 0.741. The number of aliphatic imine (C=N–C) groups is 1. The monoisotopic (exact) mass is 279 g/mol. The maximum absolute atomic E-state index is 12.4. The minimum absolute atomic E-state index is 0.0316. The first kappa shape index (κ1) is 13.9. The van der Waals surface area contributed by atoms with E-state index in [4.69, 9.17) is 0 Å². The van der Waals surface area contributed by atoms with E-state index in [2.05, 4.69) is 4.99 Å². The Hall–Kier alpha value is -1.49. The molecule has 0 saturated heterocycles. The van der Waals surface area contributed by atoms with E-state index in [1.807, 2.05) is 6.92 Å². The molecule has 0 spiro atoms. The van der Waals surface area contributed by atoms with Crippen molar-refractivity contribution >= 4 is 21.3 Å². The van der Waals surface area contributed by atoms with Crippen molar-refractivity contribution in [2.24, 2.45) is 4.99 Å². The topological polar surface area (TPSA) is 63.6 Å². The third kappa shape index (κ3) is 2.47. The highest BCUT2D eigenvalue weighted by Gasteiger charge is 2.29. The van der Waals surface area contributed by atoms with Gasteiger partial charge in [0.1, 0.15) is 0 Å². The van der Waals surface area contributed by atoms with Gasteiger partial charge in [-0.2, -0.15) is 0 Å². The molecule has 0 amide bonds. The Morgan fingerprint density at radius 3 is 2.58 bits per heavy atom. The summed E-state index contributed by atoms with van der Waals surface area (Å²) < 4.78 is 23.8. The van der Waals surface area contributed by atoms with Gasteiger partial charge in [0.25, 0.3) is 0 Å². The average molecular weight is 279 g/mol. The molecule has 1 aliphatic carbocycles. The molecule has 0 heterocycles. The lowest BCUT2D eigenvalue weighted by Gasteiger charge is -2.15. The minimum atomic E-state index is -3.33. The SMILES string of the molecule is CN=C1CCC(C)c2c(cccc2S(C)(=O)=O)C1=O. The van der Waals surface area contributed by atoms with Gasteiger partial charge < -0.3 is 0 Å². The normalized spacial score (nSPS) is 22.2. The summed E-state index contributed by atoms with van der Waals surface area (Å²) in [6.07, 6.45) is 2.51. The maximum atomic E-state index is 12.4. The van der Waals surface area contributed by atoms with Crippen molar-refractivity contribution in [3.8, 4) is 0 Å². The van der Waals surface area contributed by atoms with E-state index in [1.165, 1.54) is 6.26 Å². The van der Waals surface area contributed by atoms with E-state index in [0.717, 1.165) is 6.42 Å². The smallest absolute Gasteiger partial charge is 0.207 e. The van der Waals surface area contributed by atoms with Gasteiger partial charge in [-0.1, -0.05) is 19.1 Å². The molecule has 1 atom stereocenters. The summed E-state index contributed by atoms with van der Waals surface area (Å²) in [7, 11) is -1.73. The van der Waals surface area contributed by atoms with Gasteiger partial charge in [0, 0.05) is 18.9 Å². The molecular weight excluding hydrogens is 262 g/mol. The number of carbonyl (C=O) groups is 1. The Balaban J connectivity index is 2.77. The molecule has 19 heavy (non-hydrogen) atoms. The summed E-state index contributed by atoms with van der Waals surface area (Å²) in [5, 5.41) is 0. The first-order valence-electron chi connectivity index (χ1n) is 6.19. The molecule has 1 aromatic carbocycles. The van der Waals surface area contributed by atoms with Gasteiger partial charge >= 0.3 is 0 Å². The molecule has 0 fully saturated rings. The number of hydrogen-bond acceptors (Lipinski definition) is 4. The lowest BCUT2D eigenvalue weighted by Crippen LogP contribution is -2.14. The predicted octanol–water partition coefficient (Wildman–Crippen LogP) is 2.24. The van der Waals surface area contributed by atoms with Crippen LogP contribution in [-0.4, -0.2) is 33.2 Å². The second-order valence-corrected chi connectivity index (χ2v) is 6.91. The van der Waals surface area contributed by atoms with E-state index in [9.17, 15) is 13.2 Å². The number of sulfone groups is 1. The van der Waals surface area contributed by atoms with Gasteiger partial charge in [0.15, 0.2) is 9.84 Å². The maximum Gasteiger partial charge on any atom is 0.207 e. The summed E-state index contributed by atoms with van der Waals surface area (Å²) >= 11 is 0. The fourth-order valence-electron chi connectivity index (χ4n) is 2.55. The Labute approximate surface area is 113 Å². The second kappa shape index (κ2) is 4.89. The van der Waals surface area contributed by atoms with Crippen LogP contribution in [0.3, 0.4) is 0 Å². The summed E-state index contributed by atoms with van der Waals surface area (Å²) in [5.74, 6) is -0.114. The van der Waals surface area contributed by atoms with Crippen LogP contribution in [0.4, 0.5) is 0 Å². The largest absolute Gasteiger partial charge is 0.289 e. The van der Waals surface area contributed by atoms with Crippen molar-refractivity contribution in [2.75, 3.05) is 13.3 Å². The highest BCUT2D eigenvalue weighted by atomic mass is 32.2.